The molecule has 0 radical (unpaired) electrons. The molecular weight excluding hydrogens is 130 g/mol. The summed E-state index contributed by atoms with van der Waals surface area (Å²) in [5, 5.41) is 3.51. The summed E-state index contributed by atoms with van der Waals surface area (Å²) in [5.74, 6) is 1.04. The average Bonchev–Trinajstić information content (AvgIpc) is 2.34. The van der Waals surface area contributed by atoms with Gasteiger partial charge >= 0.3 is 0 Å². The highest BCUT2D eigenvalue weighted by Crippen LogP contribution is 2.13. The summed E-state index contributed by atoms with van der Waals surface area (Å²) < 4.78 is 4.84. The van der Waals surface area contributed by atoms with Gasteiger partial charge < -0.3 is 4.52 Å². The Labute approximate surface area is 59.0 Å². The van der Waals surface area contributed by atoms with E-state index in [2.05, 4.69) is 5.16 Å². The van der Waals surface area contributed by atoms with Crippen molar-refractivity contribution in [1.29, 1.82) is 0 Å². The maximum Gasteiger partial charge on any atom is 0.171 e. The fraction of sp³-hybridized carbons (Fsp3) is 0.429. The van der Waals surface area contributed by atoms with Crippen molar-refractivity contribution in [2.45, 2.75) is 19.8 Å². The Morgan fingerprint density at radius 1 is 1.70 bits per heavy atom. The minimum atomic E-state index is 0.293. The van der Waals surface area contributed by atoms with Gasteiger partial charge in [-0.15, -0.1) is 0 Å². The third-order valence-electron chi connectivity index (χ3n) is 1.24. The van der Waals surface area contributed by atoms with Gasteiger partial charge in [0.05, 0.1) is 0 Å². The lowest BCUT2D eigenvalue weighted by Gasteiger charge is -1.92. The monoisotopic (exact) mass is 139 g/mol. The summed E-state index contributed by atoms with van der Waals surface area (Å²) in [7, 11) is 0. The molecule has 10 heavy (non-hydrogen) atoms. The quantitative estimate of drug-likeness (QED) is 0.584. The number of hydrogen-bond acceptors (Lipinski definition) is 3. The molecule has 1 heterocycles. The SMILES string of the molecule is CC(C)c1cc(C=O)no1. The molecule has 0 atom stereocenters. The Bertz CT molecular complexity index is 227. The summed E-state index contributed by atoms with van der Waals surface area (Å²) >= 11 is 0. The van der Waals surface area contributed by atoms with E-state index in [9.17, 15) is 4.79 Å². The van der Waals surface area contributed by atoms with Crippen LogP contribution in [0.5, 0.6) is 0 Å². The van der Waals surface area contributed by atoms with E-state index in [1.807, 2.05) is 13.8 Å². The van der Waals surface area contributed by atoms with E-state index in [1.165, 1.54) is 0 Å². The molecule has 0 amide bonds. The first-order valence-electron chi connectivity index (χ1n) is 3.16. The first-order chi connectivity index (χ1) is 4.74. The van der Waals surface area contributed by atoms with Gasteiger partial charge in [-0.2, -0.15) is 0 Å². The zero-order valence-corrected chi connectivity index (χ0v) is 6.00. The minimum Gasteiger partial charge on any atom is -0.360 e. The third kappa shape index (κ3) is 1.23. The van der Waals surface area contributed by atoms with Crippen LogP contribution in [0.3, 0.4) is 0 Å². The van der Waals surface area contributed by atoms with Gasteiger partial charge in [0.1, 0.15) is 11.5 Å². The highest BCUT2D eigenvalue weighted by molar-refractivity contribution is 5.71. The standard InChI is InChI=1S/C7H9NO2/c1-5(2)7-3-6(4-9)8-10-7/h3-5H,1-2H3. The molecule has 0 aliphatic carbocycles. The topological polar surface area (TPSA) is 43.1 Å². The van der Waals surface area contributed by atoms with Crippen LogP contribution < -0.4 is 0 Å². The molecule has 1 rings (SSSR count). The normalized spacial score (nSPS) is 10.3. The van der Waals surface area contributed by atoms with Crippen LogP contribution in [-0.2, 0) is 0 Å². The second-order valence-corrected chi connectivity index (χ2v) is 2.43. The van der Waals surface area contributed by atoms with Gasteiger partial charge in [0, 0.05) is 12.0 Å². The van der Waals surface area contributed by atoms with Crippen molar-refractivity contribution in [3.63, 3.8) is 0 Å². The van der Waals surface area contributed by atoms with Crippen molar-refractivity contribution < 1.29 is 9.32 Å². The number of rotatable bonds is 2. The van der Waals surface area contributed by atoms with Gasteiger partial charge in [0.15, 0.2) is 6.29 Å². The number of carbonyl (C=O) groups is 1. The smallest absolute Gasteiger partial charge is 0.171 e. The van der Waals surface area contributed by atoms with Crippen LogP contribution in [0.4, 0.5) is 0 Å². The number of aldehydes is 1. The average molecular weight is 139 g/mol. The molecule has 1 aromatic rings. The predicted molar refractivity (Wildman–Crippen MR) is 36.0 cm³/mol. The lowest BCUT2D eigenvalue weighted by atomic mass is 10.1. The highest BCUT2D eigenvalue weighted by atomic mass is 16.5. The van der Waals surface area contributed by atoms with Crippen molar-refractivity contribution in [3.05, 3.63) is 17.5 Å². The lowest BCUT2D eigenvalue weighted by Crippen LogP contribution is -1.80. The molecule has 0 spiro atoms. The van der Waals surface area contributed by atoms with Crippen molar-refractivity contribution in [3.8, 4) is 0 Å². The van der Waals surface area contributed by atoms with E-state index in [4.69, 9.17) is 4.52 Å². The van der Waals surface area contributed by atoms with Gasteiger partial charge in [-0.25, -0.2) is 0 Å². The Morgan fingerprint density at radius 2 is 2.40 bits per heavy atom. The lowest BCUT2D eigenvalue weighted by molar-refractivity contribution is 0.111. The molecule has 0 saturated heterocycles. The van der Waals surface area contributed by atoms with E-state index < -0.39 is 0 Å². The van der Waals surface area contributed by atoms with E-state index in [0.29, 0.717) is 17.9 Å². The van der Waals surface area contributed by atoms with Crippen molar-refractivity contribution >= 4 is 6.29 Å². The van der Waals surface area contributed by atoms with Crippen LogP contribution in [0.2, 0.25) is 0 Å². The third-order valence-corrected chi connectivity index (χ3v) is 1.24. The molecule has 54 valence electrons. The second kappa shape index (κ2) is 2.64. The van der Waals surface area contributed by atoms with Gasteiger partial charge in [0.25, 0.3) is 0 Å². The summed E-state index contributed by atoms with van der Waals surface area (Å²) in [6.45, 7) is 3.96. The first kappa shape index (κ1) is 6.99. The molecule has 3 nitrogen and oxygen atoms in total. The Hall–Kier alpha value is -1.12. The van der Waals surface area contributed by atoms with Crippen LogP contribution in [0.1, 0.15) is 36.0 Å². The summed E-state index contributed by atoms with van der Waals surface area (Å²) in [6, 6.07) is 1.65. The van der Waals surface area contributed by atoms with Crippen molar-refractivity contribution in [2.75, 3.05) is 0 Å². The molecule has 0 unspecified atom stereocenters. The number of carbonyl (C=O) groups excluding carboxylic acids is 1. The zero-order chi connectivity index (χ0) is 7.56. The maximum atomic E-state index is 10.1. The Morgan fingerprint density at radius 3 is 2.70 bits per heavy atom. The van der Waals surface area contributed by atoms with Crippen LogP contribution in [0.25, 0.3) is 0 Å². The van der Waals surface area contributed by atoms with Crippen LogP contribution in [0, 0.1) is 0 Å². The number of hydrogen-bond donors (Lipinski definition) is 0. The largest absolute Gasteiger partial charge is 0.360 e. The molecule has 0 fully saturated rings. The fourth-order valence-corrected chi connectivity index (χ4v) is 0.631. The van der Waals surface area contributed by atoms with Crippen molar-refractivity contribution in [2.24, 2.45) is 0 Å². The van der Waals surface area contributed by atoms with Crippen LogP contribution >= 0.6 is 0 Å². The molecule has 3 heteroatoms. The molecule has 0 aromatic carbocycles. The first-order valence-corrected chi connectivity index (χ1v) is 3.16. The van der Waals surface area contributed by atoms with Crippen molar-refractivity contribution in [1.82, 2.24) is 5.16 Å². The molecular formula is C7H9NO2. The summed E-state index contributed by atoms with van der Waals surface area (Å²) in [4.78, 5) is 10.1. The van der Waals surface area contributed by atoms with Gasteiger partial charge in [-0.1, -0.05) is 19.0 Å². The summed E-state index contributed by atoms with van der Waals surface area (Å²) in [5.41, 5.74) is 0.365. The molecule has 0 N–H and O–H groups in total. The molecule has 0 bridgehead atoms. The number of nitrogens with zero attached hydrogens (tertiary/aromatic N) is 1. The number of aromatic nitrogens is 1. The highest BCUT2D eigenvalue weighted by Gasteiger charge is 2.05. The van der Waals surface area contributed by atoms with E-state index in [1.54, 1.807) is 6.07 Å². The Balaban J connectivity index is 2.88. The predicted octanol–water partition coefficient (Wildman–Crippen LogP) is 1.61. The van der Waals surface area contributed by atoms with Crippen LogP contribution in [-0.4, -0.2) is 11.4 Å². The second-order valence-electron chi connectivity index (χ2n) is 2.43. The van der Waals surface area contributed by atoms with Gasteiger partial charge in [0.2, 0.25) is 0 Å². The molecule has 0 aliphatic rings. The van der Waals surface area contributed by atoms with Gasteiger partial charge in [-0.05, 0) is 0 Å². The Kier molecular flexibility index (Phi) is 1.85. The van der Waals surface area contributed by atoms with Gasteiger partial charge in [-0.3, -0.25) is 4.79 Å². The maximum absolute atomic E-state index is 10.1. The molecule has 0 aliphatic heterocycles. The fourth-order valence-electron chi connectivity index (χ4n) is 0.631. The minimum absolute atomic E-state index is 0.293. The van der Waals surface area contributed by atoms with E-state index in [-0.39, 0.29) is 0 Å². The summed E-state index contributed by atoms with van der Waals surface area (Å²) in [6.07, 6.45) is 0.676. The van der Waals surface area contributed by atoms with Crippen LogP contribution in [0.15, 0.2) is 10.6 Å². The van der Waals surface area contributed by atoms with E-state index >= 15 is 0 Å². The zero-order valence-electron chi connectivity index (χ0n) is 6.00. The molecule has 1 aromatic heterocycles. The molecule has 0 saturated carbocycles. The van der Waals surface area contributed by atoms with E-state index in [0.717, 1.165) is 5.76 Å².